The van der Waals surface area contributed by atoms with E-state index < -0.39 is 0 Å². The summed E-state index contributed by atoms with van der Waals surface area (Å²) in [6.07, 6.45) is 3.52. The quantitative estimate of drug-likeness (QED) is 0.646. The fourth-order valence-corrected chi connectivity index (χ4v) is 4.73. The Labute approximate surface area is 100 Å². The number of rotatable bonds is 0. The molecule has 1 aliphatic carbocycles. The first kappa shape index (κ1) is 10.5. The SMILES string of the molecule is Cn1cc(I)c2c1C(C)(C)CC2(C)C. The largest absolute Gasteiger partial charge is 0.353 e. The maximum absolute atomic E-state index is 2.47. The second-order valence-electron chi connectivity index (χ2n) is 5.76. The third-order valence-corrected chi connectivity index (χ3v) is 4.15. The summed E-state index contributed by atoms with van der Waals surface area (Å²) in [6.45, 7) is 9.44. The van der Waals surface area contributed by atoms with Crippen molar-refractivity contribution in [2.24, 2.45) is 7.05 Å². The van der Waals surface area contributed by atoms with E-state index in [9.17, 15) is 0 Å². The molecule has 1 aromatic rings. The maximum Gasteiger partial charge on any atom is 0.0347 e. The fraction of sp³-hybridized carbons (Fsp3) is 0.667. The lowest BCUT2D eigenvalue weighted by Gasteiger charge is -2.24. The molecule has 0 radical (unpaired) electrons. The van der Waals surface area contributed by atoms with Gasteiger partial charge in [0.25, 0.3) is 0 Å². The van der Waals surface area contributed by atoms with Crippen molar-refractivity contribution in [1.29, 1.82) is 0 Å². The van der Waals surface area contributed by atoms with Crippen LogP contribution in [0.1, 0.15) is 45.4 Å². The molecular weight excluding hydrogens is 285 g/mol. The summed E-state index contributed by atoms with van der Waals surface area (Å²) in [6, 6.07) is 0. The van der Waals surface area contributed by atoms with Gasteiger partial charge in [-0.15, -0.1) is 0 Å². The Kier molecular flexibility index (Phi) is 2.09. The predicted octanol–water partition coefficient (Wildman–Crippen LogP) is 3.59. The minimum atomic E-state index is 0.330. The highest BCUT2D eigenvalue weighted by molar-refractivity contribution is 14.1. The third kappa shape index (κ3) is 1.26. The van der Waals surface area contributed by atoms with E-state index in [0.717, 1.165) is 0 Å². The van der Waals surface area contributed by atoms with E-state index in [4.69, 9.17) is 0 Å². The highest BCUT2D eigenvalue weighted by Crippen LogP contribution is 2.51. The fourth-order valence-electron chi connectivity index (χ4n) is 3.33. The minimum absolute atomic E-state index is 0.330. The van der Waals surface area contributed by atoms with E-state index >= 15 is 0 Å². The summed E-state index contributed by atoms with van der Waals surface area (Å²) >= 11 is 2.47. The second kappa shape index (κ2) is 2.77. The van der Waals surface area contributed by atoms with Gasteiger partial charge in [-0.25, -0.2) is 0 Å². The van der Waals surface area contributed by atoms with Crippen molar-refractivity contribution in [3.05, 3.63) is 21.0 Å². The Morgan fingerprint density at radius 2 is 1.79 bits per heavy atom. The number of aryl methyl sites for hydroxylation is 1. The lowest BCUT2D eigenvalue weighted by atomic mass is 9.82. The van der Waals surface area contributed by atoms with Gasteiger partial charge >= 0.3 is 0 Å². The van der Waals surface area contributed by atoms with Crippen molar-refractivity contribution in [2.45, 2.75) is 44.9 Å². The van der Waals surface area contributed by atoms with Crippen LogP contribution in [-0.4, -0.2) is 4.57 Å². The molecule has 0 bridgehead atoms. The van der Waals surface area contributed by atoms with Crippen LogP contribution in [0.2, 0.25) is 0 Å². The minimum Gasteiger partial charge on any atom is -0.353 e. The number of nitrogens with zero attached hydrogens (tertiary/aromatic N) is 1. The lowest BCUT2D eigenvalue weighted by molar-refractivity contribution is 0.391. The van der Waals surface area contributed by atoms with E-state index in [0.29, 0.717) is 10.8 Å². The Morgan fingerprint density at radius 3 is 2.29 bits per heavy atom. The van der Waals surface area contributed by atoms with E-state index in [1.165, 1.54) is 15.7 Å². The highest BCUT2D eigenvalue weighted by Gasteiger charge is 2.45. The number of aromatic nitrogens is 1. The van der Waals surface area contributed by atoms with Gasteiger partial charge in [0.15, 0.2) is 0 Å². The highest BCUT2D eigenvalue weighted by atomic mass is 127. The van der Waals surface area contributed by atoms with E-state index in [1.54, 1.807) is 5.56 Å². The molecule has 78 valence electrons. The van der Waals surface area contributed by atoms with Crippen LogP contribution in [0.3, 0.4) is 0 Å². The van der Waals surface area contributed by atoms with Gasteiger partial charge in [0, 0.05) is 27.9 Å². The summed E-state index contributed by atoms with van der Waals surface area (Å²) in [5, 5.41) is 0. The van der Waals surface area contributed by atoms with Crippen LogP contribution in [0.25, 0.3) is 0 Å². The Bertz CT molecular complexity index is 351. The monoisotopic (exact) mass is 303 g/mol. The van der Waals surface area contributed by atoms with Crippen molar-refractivity contribution in [3.63, 3.8) is 0 Å². The van der Waals surface area contributed by atoms with Crippen LogP contribution in [-0.2, 0) is 17.9 Å². The molecule has 0 spiro atoms. The molecule has 0 aromatic carbocycles. The molecule has 14 heavy (non-hydrogen) atoms. The number of hydrogen-bond acceptors (Lipinski definition) is 0. The van der Waals surface area contributed by atoms with Crippen molar-refractivity contribution < 1.29 is 0 Å². The van der Waals surface area contributed by atoms with Crippen molar-refractivity contribution in [3.8, 4) is 0 Å². The van der Waals surface area contributed by atoms with Crippen LogP contribution < -0.4 is 0 Å². The molecule has 0 aliphatic heterocycles. The average molecular weight is 303 g/mol. The molecule has 1 nitrogen and oxygen atoms in total. The Morgan fingerprint density at radius 1 is 1.21 bits per heavy atom. The van der Waals surface area contributed by atoms with Crippen molar-refractivity contribution in [2.75, 3.05) is 0 Å². The topological polar surface area (TPSA) is 4.93 Å². The van der Waals surface area contributed by atoms with Crippen LogP contribution in [0, 0.1) is 3.57 Å². The van der Waals surface area contributed by atoms with Crippen LogP contribution in [0.4, 0.5) is 0 Å². The van der Waals surface area contributed by atoms with Gasteiger partial charge in [0.05, 0.1) is 0 Å². The van der Waals surface area contributed by atoms with E-state index in [1.807, 2.05) is 0 Å². The van der Waals surface area contributed by atoms with Gasteiger partial charge in [-0.2, -0.15) is 0 Å². The zero-order valence-corrected chi connectivity index (χ0v) is 11.8. The molecule has 2 rings (SSSR count). The van der Waals surface area contributed by atoms with Gasteiger partial charge in [0.1, 0.15) is 0 Å². The summed E-state index contributed by atoms with van der Waals surface area (Å²) in [5.74, 6) is 0. The molecule has 0 saturated heterocycles. The first-order valence-corrected chi connectivity index (χ1v) is 6.19. The molecule has 1 aromatic heterocycles. The smallest absolute Gasteiger partial charge is 0.0347 e. The first-order chi connectivity index (χ1) is 6.26. The van der Waals surface area contributed by atoms with Crippen LogP contribution in [0.5, 0.6) is 0 Å². The average Bonchev–Trinajstić information content (AvgIpc) is 2.32. The van der Waals surface area contributed by atoms with E-state index in [-0.39, 0.29) is 0 Å². The summed E-state index contributed by atoms with van der Waals surface area (Å²) in [5.41, 5.74) is 3.78. The Balaban J connectivity index is 2.74. The van der Waals surface area contributed by atoms with Gasteiger partial charge in [-0.05, 0) is 40.0 Å². The number of halogens is 1. The molecular formula is C12H18IN. The van der Waals surface area contributed by atoms with Gasteiger partial charge in [0.2, 0.25) is 0 Å². The molecule has 0 fully saturated rings. The van der Waals surface area contributed by atoms with Crippen molar-refractivity contribution in [1.82, 2.24) is 4.57 Å². The van der Waals surface area contributed by atoms with E-state index in [2.05, 4.69) is 68.1 Å². The molecule has 0 unspecified atom stereocenters. The molecule has 2 heteroatoms. The van der Waals surface area contributed by atoms with Crippen molar-refractivity contribution >= 4 is 22.6 Å². The molecule has 0 atom stereocenters. The van der Waals surface area contributed by atoms with Gasteiger partial charge in [-0.1, -0.05) is 27.7 Å². The normalized spacial score (nSPS) is 22.4. The second-order valence-corrected chi connectivity index (χ2v) is 6.92. The maximum atomic E-state index is 2.47. The summed E-state index contributed by atoms with van der Waals surface area (Å²) < 4.78 is 3.74. The standard InChI is InChI=1S/C12H18IN/c1-11(2)7-12(3,4)10-9(11)8(13)6-14(10)5/h6H,7H2,1-5H3. The molecule has 0 saturated carbocycles. The molecule has 1 heterocycles. The van der Waals surface area contributed by atoms with Crippen LogP contribution in [0.15, 0.2) is 6.20 Å². The zero-order chi connectivity index (χ0) is 10.7. The summed E-state index contributed by atoms with van der Waals surface area (Å²) in [7, 11) is 2.17. The lowest BCUT2D eigenvalue weighted by Crippen LogP contribution is -2.20. The summed E-state index contributed by atoms with van der Waals surface area (Å²) in [4.78, 5) is 0. The molecule has 0 N–H and O–H groups in total. The third-order valence-electron chi connectivity index (χ3n) is 3.34. The van der Waals surface area contributed by atoms with Gasteiger partial charge < -0.3 is 4.57 Å². The zero-order valence-electron chi connectivity index (χ0n) is 9.61. The first-order valence-electron chi connectivity index (χ1n) is 5.11. The van der Waals surface area contributed by atoms with Crippen LogP contribution >= 0.6 is 22.6 Å². The molecule has 1 aliphatic rings. The molecule has 0 amide bonds. The van der Waals surface area contributed by atoms with Gasteiger partial charge in [-0.3, -0.25) is 0 Å². The number of fused-ring (bicyclic) bond motifs is 1. The predicted molar refractivity (Wildman–Crippen MR) is 68.8 cm³/mol. The number of hydrogen-bond donors (Lipinski definition) is 0. The Hall–Kier alpha value is 0.01000.